The lowest BCUT2D eigenvalue weighted by Crippen LogP contribution is -2.23. The first-order valence-corrected chi connectivity index (χ1v) is 10.7. The van der Waals surface area contributed by atoms with Gasteiger partial charge in [0.05, 0.1) is 16.8 Å². The van der Waals surface area contributed by atoms with Crippen LogP contribution >= 0.6 is 0 Å². The molecule has 0 fully saturated rings. The minimum atomic E-state index is -0.751. The summed E-state index contributed by atoms with van der Waals surface area (Å²) in [6.45, 7) is 1.01. The topological polar surface area (TPSA) is 102 Å². The number of fused-ring (bicyclic) bond motifs is 3. The van der Waals surface area contributed by atoms with Crippen molar-refractivity contribution in [3.63, 3.8) is 0 Å². The smallest absolute Gasteiger partial charge is 0.340 e. The summed E-state index contributed by atoms with van der Waals surface area (Å²) in [6, 6.07) is 16.5. The van der Waals surface area contributed by atoms with E-state index in [-0.39, 0.29) is 33.9 Å². The minimum Gasteiger partial charge on any atom is -0.452 e. The van der Waals surface area contributed by atoms with Gasteiger partial charge >= 0.3 is 5.97 Å². The van der Waals surface area contributed by atoms with Crippen molar-refractivity contribution in [1.82, 2.24) is 4.98 Å². The third-order valence-electron chi connectivity index (χ3n) is 5.73. The van der Waals surface area contributed by atoms with Gasteiger partial charge in [-0.25, -0.2) is 9.18 Å². The van der Waals surface area contributed by atoms with Crippen molar-refractivity contribution >= 4 is 40.0 Å². The van der Waals surface area contributed by atoms with Crippen molar-refractivity contribution in [1.29, 1.82) is 0 Å². The highest BCUT2D eigenvalue weighted by atomic mass is 19.1. The number of aromatic nitrogens is 1. The van der Waals surface area contributed by atoms with E-state index in [9.17, 15) is 23.6 Å². The number of anilines is 1. The van der Waals surface area contributed by atoms with Crippen molar-refractivity contribution in [3.8, 4) is 0 Å². The van der Waals surface area contributed by atoms with E-state index in [2.05, 4.69) is 10.3 Å². The minimum absolute atomic E-state index is 0.161. The summed E-state index contributed by atoms with van der Waals surface area (Å²) in [6.07, 6.45) is 0. The van der Waals surface area contributed by atoms with Crippen LogP contribution < -0.4 is 5.32 Å². The predicted molar refractivity (Wildman–Crippen MR) is 125 cm³/mol. The Morgan fingerprint density at radius 2 is 1.57 bits per heavy atom. The maximum absolute atomic E-state index is 13.4. The van der Waals surface area contributed by atoms with Crippen LogP contribution in [-0.2, 0) is 9.53 Å². The average Bonchev–Trinajstić information content (AvgIpc) is 2.85. The Kier molecular flexibility index (Phi) is 5.41. The summed E-state index contributed by atoms with van der Waals surface area (Å²) in [4.78, 5) is 54.7. The number of hydrogen-bond donors (Lipinski definition) is 1. The number of carbonyl (C=O) groups excluding carboxylic acids is 4. The van der Waals surface area contributed by atoms with Crippen LogP contribution in [0, 0.1) is 12.7 Å². The van der Waals surface area contributed by atoms with Crippen LogP contribution in [0.1, 0.15) is 47.9 Å². The highest BCUT2D eigenvalue weighted by Crippen LogP contribution is 2.29. The van der Waals surface area contributed by atoms with Crippen molar-refractivity contribution in [3.05, 3.63) is 106 Å². The van der Waals surface area contributed by atoms with Crippen LogP contribution in [0.25, 0.3) is 10.9 Å². The number of ketones is 2. The number of amides is 1. The molecule has 0 atom stereocenters. The normalized spacial score (nSPS) is 12.2. The fourth-order valence-electron chi connectivity index (χ4n) is 4.03. The molecule has 4 aromatic rings. The summed E-state index contributed by atoms with van der Waals surface area (Å²) in [5.41, 5.74) is 2.30. The standard InChI is InChI=1S/C27H17FN2O5/c1-14-21(10-15-6-7-16(28)11-23(15)29-14)27(34)35-13-24(31)30-17-8-9-20-22(12-17)26(33)19-5-3-2-4-18(19)25(20)32/h2-12H,13H2,1H3,(H,30,31). The highest BCUT2D eigenvalue weighted by molar-refractivity contribution is 6.28. The third-order valence-corrected chi connectivity index (χ3v) is 5.73. The second kappa shape index (κ2) is 8.57. The van der Waals surface area contributed by atoms with Crippen LogP contribution in [0.4, 0.5) is 10.1 Å². The molecule has 7 nitrogen and oxygen atoms in total. The summed E-state index contributed by atoms with van der Waals surface area (Å²) in [5, 5.41) is 3.13. The van der Waals surface area contributed by atoms with Crippen molar-refractivity contribution in [2.45, 2.75) is 6.92 Å². The molecule has 0 spiro atoms. The fraction of sp³-hybridized carbons (Fsp3) is 0.0741. The molecule has 8 heteroatoms. The third kappa shape index (κ3) is 4.06. The second-order valence-electron chi connectivity index (χ2n) is 8.05. The quantitative estimate of drug-likeness (QED) is 0.396. The highest BCUT2D eigenvalue weighted by Gasteiger charge is 2.29. The molecule has 0 radical (unpaired) electrons. The Morgan fingerprint density at radius 1 is 0.886 bits per heavy atom. The molecular formula is C27H17FN2O5. The zero-order valence-corrected chi connectivity index (χ0v) is 18.4. The first kappa shape index (κ1) is 22.1. The average molecular weight is 468 g/mol. The Hall–Kier alpha value is -4.72. The summed E-state index contributed by atoms with van der Waals surface area (Å²) in [5.74, 6) is -2.38. The molecule has 5 rings (SSSR count). The zero-order chi connectivity index (χ0) is 24.7. The van der Waals surface area contributed by atoms with Gasteiger partial charge in [0.25, 0.3) is 5.91 Å². The lowest BCUT2D eigenvalue weighted by molar-refractivity contribution is -0.119. The van der Waals surface area contributed by atoms with Gasteiger partial charge in [0, 0.05) is 39.4 Å². The van der Waals surface area contributed by atoms with Gasteiger partial charge in [-0.3, -0.25) is 19.4 Å². The monoisotopic (exact) mass is 468 g/mol. The first-order chi connectivity index (χ1) is 16.8. The van der Waals surface area contributed by atoms with Gasteiger partial charge in [0.1, 0.15) is 5.82 Å². The Balaban J connectivity index is 1.28. The predicted octanol–water partition coefficient (Wildman–Crippen LogP) is 4.25. The van der Waals surface area contributed by atoms with Crippen molar-refractivity contribution in [2.75, 3.05) is 11.9 Å². The summed E-state index contributed by atoms with van der Waals surface area (Å²) >= 11 is 0. The lowest BCUT2D eigenvalue weighted by atomic mass is 9.84. The van der Waals surface area contributed by atoms with Gasteiger partial charge in [0.15, 0.2) is 18.2 Å². The molecule has 1 aliphatic carbocycles. The number of benzene rings is 3. The zero-order valence-electron chi connectivity index (χ0n) is 18.4. The summed E-state index contributed by atoms with van der Waals surface area (Å²) in [7, 11) is 0. The molecule has 1 N–H and O–H groups in total. The summed E-state index contributed by atoms with van der Waals surface area (Å²) < 4.78 is 18.5. The number of rotatable bonds is 4. The van der Waals surface area contributed by atoms with E-state index < -0.39 is 24.3 Å². The van der Waals surface area contributed by atoms with Crippen LogP contribution in [0.15, 0.2) is 66.7 Å². The molecule has 0 saturated carbocycles. The maximum atomic E-state index is 13.4. The molecular weight excluding hydrogens is 451 g/mol. The second-order valence-corrected chi connectivity index (χ2v) is 8.05. The fourth-order valence-corrected chi connectivity index (χ4v) is 4.03. The van der Waals surface area contributed by atoms with E-state index in [1.807, 2.05) is 0 Å². The van der Waals surface area contributed by atoms with E-state index in [4.69, 9.17) is 4.74 Å². The van der Waals surface area contributed by atoms with E-state index in [1.54, 1.807) is 31.2 Å². The van der Waals surface area contributed by atoms with Gasteiger partial charge < -0.3 is 10.1 Å². The molecule has 172 valence electrons. The lowest BCUT2D eigenvalue weighted by Gasteiger charge is -2.18. The number of ether oxygens (including phenoxy) is 1. The molecule has 0 bridgehead atoms. The van der Waals surface area contributed by atoms with Crippen LogP contribution in [0.3, 0.4) is 0 Å². The van der Waals surface area contributed by atoms with Crippen molar-refractivity contribution < 1.29 is 28.3 Å². The number of pyridine rings is 1. The molecule has 1 heterocycles. The van der Waals surface area contributed by atoms with Gasteiger partial charge in [0.2, 0.25) is 0 Å². The van der Waals surface area contributed by atoms with E-state index in [1.165, 1.54) is 42.5 Å². The van der Waals surface area contributed by atoms with Crippen LogP contribution in [-0.4, -0.2) is 35.0 Å². The number of nitrogens with one attached hydrogen (secondary N) is 1. The first-order valence-electron chi connectivity index (χ1n) is 10.7. The molecule has 0 unspecified atom stereocenters. The number of aryl methyl sites for hydroxylation is 1. The van der Waals surface area contributed by atoms with Gasteiger partial charge in [-0.05, 0) is 43.3 Å². The van der Waals surface area contributed by atoms with E-state index >= 15 is 0 Å². The van der Waals surface area contributed by atoms with Gasteiger partial charge in [-0.15, -0.1) is 0 Å². The van der Waals surface area contributed by atoms with Crippen molar-refractivity contribution in [2.24, 2.45) is 0 Å². The van der Waals surface area contributed by atoms with Gasteiger partial charge in [-0.1, -0.05) is 24.3 Å². The molecule has 3 aromatic carbocycles. The molecule has 1 aromatic heterocycles. The SMILES string of the molecule is Cc1nc2cc(F)ccc2cc1C(=O)OCC(=O)Nc1ccc2c(c1)C(=O)c1ccccc1C2=O. The largest absolute Gasteiger partial charge is 0.452 e. The molecule has 0 saturated heterocycles. The van der Waals surface area contributed by atoms with E-state index in [0.717, 1.165) is 0 Å². The molecule has 1 aliphatic rings. The maximum Gasteiger partial charge on any atom is 0.340 e. The molecule has 1 amide bonds. The number of halogens is 1. The Labute approximate surface area is 198 Å². The van der Waals surface area contributed by atoms with Gasteiger partial charge in [-0.2, -0.15) is 0 Å². The number of carbonyl (C=O) groups is 4. The Bertz CT molecular complexity index is 1580. The molecule has 0 aliphatic heterocycles. The molecule has 35 heavy (non-hydrogen) atoms. The number of esters is 1. The van der Waals surface area contributed by atoms with Crippen LogP contribution in [0.5, 0.6) is 0 Å². The van der Waals surface area contributed by atoms with Crippen LogP contribution in [0.2, 0.25) is 0 Å². The Morgan fingerprint density at radius 3 is 2.31 bits per heavy atom. The number of hydrogen-bond acceptors (Lipinski definition) is 6. The number of nitrogens with zero attached hydrogens (tertiary/aromatic N) is 1. The van der Waals surface area contributed by atoms with E-state index in [0.29, 0.717) is 27.7 Å².